The van der Waals surface area contributed by atoms with E-state index in [1.54, 1.807) is 6.92 Å². The van der Waals surface area contributed by atoms with E-state index in [1.165, 1.54) is 11.3 Å². The molecule has 2 rings (SSSR count). The van der Waals surface area contributed by atoms with Crippen LogP contribution in [-0.4, -0.2) is 24.2 Å². The molecule has 1 aliphatic rings. The van der Waals surface area contributed by atoms with Crippen molar-refractivity contribution in [1.29, 1.82) is 0 Å². The molecule has 0 aliphatic carbocycles. The molecule has 0 radical (unpaired) electrons. The lowest BCUT2D eigenvalue weighted by molar-refractivity contribution is -0.135. The van der Waals surface area contributed by atoms with Gasteiger partial charge in [-0.25, -0.2) is 9.79 Å². The van der Waals surface area contributed by atoms with Gasteiger partial charge in [-0.05, 0) is 24.8 Å². The topological polar surface area (TPSA) is 55.7 Å². The van der Waals surface area contributed by atoms with Crippen LogP contribution in [0.1, 0.15) is 27.7 Å². The van der Waals surface area contributed by atoms with Crippen LogP contribution in [0.3, 0.4) is 0 Å². The van der Waals surface area contributed by atoms with Gasteiger partial charge in [-0.15, -0.1) is 11.3 Å². The summed E-state index contributed by atoms with van der Waals surface area (Å²) in [5, 5.41) is 1.91. The lowest BCUT2D eigenvalue weighted by Crippen LogP contribution is -2.25. The first-order valence-electron chi connectivity index (χ1n) is 4.99. The highest BCUT2D eigenvalue weighted by atomic mass is 32.1. The first kappa shape index (κ1) is 11.0. The van der Waals surface area contributed by atoms with E-state index in [9.17, 15) is 9.59 Å². The van der Waals surface area contributed by atoms with Crippen molar-refractivity contribution >= 4 is 28.9 Å². The smallest absolute Gasteiger partial charge is 0.353 e. The minimum atomic E-state index is -0.493. The van der Waals surface area contributed by atoms with Crippen LogP contribution < -0.4 is 0 Å². The van der Waals surface area contributed by atoms with E-state index in [-0.39, 0.29) is 11.6 Å². The maximum Gasteiger partial charge on any atom is 0.353 e. The molecule has 0 fully saturated rings. The number of esters is 1. The van der Waals surface area contributed by atoms with Crippen LogP contribution in [0, 0.1) is 6.92 Å². The Balaban J connectivity index is 2.30. The number of amides is 1. The summed E-state index contributed by atoms with van der Waals surface area (Å²) in [7, 11) is 0. The molecular weight excluding hydrogens is 226 g/mol. The molecule has 5 heteroatoms. The van der Waals surface area contributed by atoms with Crippen LogP contribution in [0.4, 0.5) is 0 Å². The highest BCUT2D eigenvalue weighted by Gasteiger charge is 2.27. The Labute approximate surface area is 97.0 Å². The molecule has 0 N–H and O–H groups in total. The first-order valence-corrected chi connectivity index (χ1v) is 5.87. The third-order valence-electron chi connectivity index (χ3n) is 2.34. The van der Waals surface area contributed by atoms with Gasteiger partial charge < -0.3 is 4.74 Å². The predicted molar refractivity (Wildman–Crippen MR) is 61.2 cm³/mol. The molecule has 0 saturated carbocycles. The standard InChI is InChI=1S/C11H11NO3S/c1-3-15-11(14)7-4-8-9(10(13)12-7)6(2)5-16-8/h5H,3-4H2,1-2H3. The summed E-state index contributed by atoms with van der Waals surface area (Å²) in [4.78, 5) is 27.8. The zero-order valence-corrected chi connectivity index (χ0v) is 9.89. The lowest BCUT2D eigenvalue weighted by atomic mass is 10.0. The number of fused-ring (bicyclic) bond motifs is 1. The number of carbonyl (C=O) groups excluding carboxylic acids is 2. The summed E-state index contributed by atoms with van der Waals surface area (Å²) in [5.74, 6) is -0.824. The molecule has 2 heterocycles. The van der Waals surface area contributed by atoms with Gasteiger partial charge in [0.2, 0.25) is 0 Å². The summed E-state index contributed by atoms with van der Waals surface area (Å²) in [6.45, 7) is 3.89. The number of rotatable bonds is 2. The van der Waals surface area contributed by atoms with E-state index in [0.717, 1.165) is 10.4 Å². The number of aliphatic imine (C=N–C) groups is 1. The second-order valence-corrected chi connectivity index (χ2v) is 4.44. The number of hydrogen-bond acceptors (Lipinski definition) is 4. The first-order chi connectivity index (χ1) is 7.63. The van der Waals surface area contributed by atoms with Gasteiger partial charge in [0.15, 0.2) is 0 Å². The van der Waals surface area contributed by atoms with Crippen molar-refractivity contribution in [1.82, 2.24) is 0 Å². The second-order valence-electron chi connectivity index (χ2n) is 3.48. The van der Waals surface area contributed by atoms with Gasteiger partial charge in [-0.3, -0.25) is 4.79 Å². The fraction of sp³-hybridized carbons (Fsp3) is 0.364. The number of nitrogens with zero attached hydrogens (tertiary/aromatic N) is 1. The van der Waals surface area contributed by atoms with E-state index >= 15 is 0 Å². The van der Waals surface area contributed by atoms with E-state index < -0.39 is 5.97 Å². The summed E-state index contributed by atoms with van der Waals surface area (Å²) < 4.78 is 4.83. The normalized spacial score (nSPS) is 14.4. The molecule has 0 spiro atoms. The fourth-order valence-electron chi connectivity index (χ4n) is 1.62. The van der Waals surface area contributed by atoms with Gasteiger partial charge in [0, 0.05) is 11.3 Å². The Morgan fingerprint density at radius 2 is 2.38 bits per heavy atom. The number of ether oxygens (including phenoxy) is 1. The van der Waals surface area contributed by atoms with Crippen molar-refractivity contribution in [2.45, 2.75) is 20.3 Å². The van der Waals surface area contributed by atoms with Crippen molar-refractivity contribution in [3.05, 3.63) is 21.4 Å². The highest BCUT2D eigenvalue weighted by Crippen LogP contribution is 2.27. The van der Waals surface area contributed by atoms with Gasteiger partial charge in [-0.1, -0.05) is 0 Å². The molecule has 1 aromatic rings. The monoisotopic (exact) mass is 237 g/mol. The van der Waals surface area contributed by atoms with Gasteiger partial charge >= 0.3 is 5.97 Å². The van der Waals surface area contributed by atoms with Crippen molar-refractivity contribution in [2.24, 2.45) is 4.99 Å². The minimum absolute atomic E-state index is 0.209. The van der Waals surface area contributed by atoms with Crippen molar-refractivity contribution in [3.63, 3.8) is 0 Å². The summed E-state index contributed by atoms with van der Waals surface area (Å²) in [6, 6.07) is 0. The molecule has 1 aromatic heterocycles. The van der Waals surface area contributed by atoms with Crippen LogP contribution >= 0.6 is 11.3 Å². The Kier molecular flexibility index (Phi) is 2.87. The zero-order valence-electron chi connectivity index (χ0n) is 9.07. The molecule has 84 valence electrons. The molecule has 0 bridgehead atoms. The Morgan fingerprint density at radius 1 is 1.62 bits per heavy atom. The van der Waals surface area contributed by atoms with Gasteiger partial charge in [-0.2, -0.15) is 0 Å². The van der Waals surface area contributed by atoms with Crippen LogP contribution in [0.25, 0.3) is 0 Å². The van der Waals surface area contributed by atoms with E-state index in [0.29, 0.717) is 18.6 Å². The predicted octanol–water partition coefficient (Wildman–Crippen LogP) is 1.76. The molecule has 0 atom stereocenters. The third kappa shape index (κ3) is 1.78. The SMILES string of the molecule is CCOC(=O)C1=NC(=O)c2c(C)csc2C1. The second kappa shape index (κ2) is 4.17. The number of aryl methyl sites for hydroxylation is 1. The van der Waals surface area contributed by atoms with Gasteiger partial charge in [0.05, 0.1) is 12.2 Å². The maximum absolute atomic E-state index is 11.7. The number of hydrogen-bond donors (Lipinski definition) is 0. The van der Waals surface area contributed by atoms with Crippen molar-refractivity contribution in [2.75, 3.05) is 6.61 Å². The average molecular weight is 237 g/mol. The van der Waals surface area contributed by atoms with Gasteiger partial charge in [0.25, 0.3) is 5.91 Å². The fourth-order valence-corrected chi connectivity index (χ4v) is 2.64. The zero-order chi connectivity index (χ0) is 11.7. The third-order valence-corrected chi connectivity index (χ3v) is 3.44. The molecule has 16 heavy (non-hydrogen) atoms. The minimum Gasteiger partial charge on any atom is -0.461 e. The van der Waals surface area contributed by atoms with E-state index in [2.05, 4.69) is 4.99 Å². The maximum atomic E-state index is 11.7. The van der Waals surface area contributed by atoms with Crippen molar-refractivity contribution in [3.8, 4) is 0 Å². The quantitative estimate of drug-likeness (QED) is 0.736. The highest BCUT2D eigenvalue weighted by molar-refractivity contribution is 7.10. The molecule has 1 amide bonds. The molecule has 0 saturated heterocycles. The van der Waals surface area contributed by atoms with Crippen LogP contribution in [0.2, 0.25) is 0 Å². The molecular formula is C11H11NO3S. The van der Waals surface area contributed by atoms with Crippen LogP contribution in [-0.2, 0) is 16.0 Å². The number of thiophene rings is 1. The largest absolute Gasteiger partial charge is 0.461 e. The summed E-state index contributed by atoms with van der Waals surface area (Å²) >= 11 is 1.49. The lowest BCUT2D eigenvalue weighted by Gasteiger charge is -2.10. The Bertz CT molecular complexity index is 487. The molecule has 0 aromatic carbocycles. The van der Waals surface area contributed by atoms with Crippen molar-refractivity contribution < 1.29 is 14.3 Å². The molecule has 4 nitrogen and oxygen atoms in total. The summed E-state index contributed by atoms with van der Waals surface area (Å²) in [6.07, 6.45) is 0.401. The van der Waals surface area contributed by atoms with E-state index in [1.807, 2.05) is 12.3 Å². The number of carbonyl (C=O) groups is 2. The van der Waals surface area contributed by atoms with Crippen LogP contribution in [0.5, 0.6) is 0 Å². The summed E-state index contributed by atoms with van der Waals surface area (Å²) in [5.41, 5.74) is 1.79. The average Bonchev–Trinajstić information content (AvgIpc) is 2.61. The molecule has 1 aliphatic heterocycles. The van der Waals surface area contributed by atoms with Crippen LogP contribution in [0.15, 0.2) is 10.4 Å². The van der Waals surface area contributed by atoms with Gasteiger partial charge in [0.1, 0.15) is 5.71 Å². The molecule has 0 unspecified atom stereocenters. The van der Waals surface area contributed by atoms with E-state index in [4.69, 9.17) is 4.74 Å². The Morgan fingerprint density at radius 3 is 3.06 bits per heavy atom. The Hall–Kier alpha value is -1.49.